The van der Waals surface area contributed by atoms with Gasteiger partial charge in [0, 0.05) is 6.54 Å². The van der Waals surface area contributed by atoms with E-state index < -0.39 is 12.0 Å². The highest BCUT2D eigenvalue weighted by Crippen LogP contribution is 2.31. The third kappa shape index (κ3) is 1.64. The lowest BCUT2D eigenvalue weighted by molar-refractivity contribution is -0.138. The summed E-state index contributed by atoms with van der Waals surface area (Å²) in [4.78, 5) is 22.4. The van der Waals surface area contributed by atoms with Crippen molar-refractivity contribution in [2.45, 2.75) is 18.9 Å². The molecular weight excluding hydrogens is 238 g/mol. The van der Waals surface area contributed by atoms with Crippen molar-refractivity contribution in [1.82, 2.24) is 9.97 Å². The number of carbonyl (C=O) groups is 1. The molecule has 0 radical (unpaired) electrons. The first-order valence-corrected chi connectivity index (χ1v) is 6.33. The number of aromatic nitrogens is 2. The summed E-state index contributed by atoms with van der Waals surface area (Å²) >= 11 is 1.54. The molecule has 0 amide bonds. The summed E-state index contributed by atoms with van der Waals surface area (Å²) in [5.74, 6) is -0.0226. The molecule has 0 aliphatic carbocycles. The van der Waals surface area contributed by atoms with E-state index in [9.17, 15) is 9.90 Å². The van der Waals surface area contributed by atoms with Crippen molar-refractivity contribution >= 4 is 33.3 Å². The van der Waals surface area contributed by atoms with Crippen LogP contribution in [0.3, 0.4) is 0 Å². The molecule has 0 spiro atoms. The normalized spacial score (nSPS) is 20.0. The van der Waals surface area contributed by atoms with Gasteiger partial charge in [0.2, 0.25) is 0 Å². The Kier molecular flexibility index (Phi) is 2.44. The lowest BCUT2D eigenvalue weighted by Gasteiger charge is -2.22. The Morgan fingerprint density at radius 1 is 1.53 bits per heavy atom. The maximum atomic E-state index is 11.2. The topological polar surface area (TPSA) is 66.3 Å². The first-order valence-electron chi connectivity index (χ1n) is 5.45. The predicted molar refractivity (Wildman–Crippen MR) is 65.4 cm³/mol. The van der Waals surface area contributed by atoms with Crippen molar-refractivity contribution in [2.24, 2.45) is 0 Å². The van der Waals surface area contributed by atoms with Crippen LogP contribution in [0.5, 0.6) is 0 Å². The number of aliphatic carboxylic acids is 1. The van der Waals surface area contributed by atoms with E-state index in [1.807, 2.05) is 16.3 Å². The molecule has 1 N–H and O–H groups in total. The molecule has 5 nitrogen and oxygen atoms in total. The molecule has 2 aromatic rings. The summed E-state index contributed by atoms with van der Waals surface area (Å²) in [6.07, 6.45) is 3.09. The molecule has 1 saturated heterocycles. The number of hydrogen-bond acceptors (Lipinski definition) is 5. The van der Waals surface area contributed by atoms with Crippen LogP contribution >= 0.6 is 11.3 Å². The summed E-state index contributed by atoms with van der Waals surface area (Å²) in [6.45, 7) is 0.749. The monoisotopic (exact) mass is 249 g/mol. The first-order chi connectivity index (χ1) is 8.27. The van der Waals surface area contributed by atoms with Gasteiger partial charge in [0.25, 0.3) is 0 Å². The zero-order valence-corrected chi connectivity index (χ0v) is 9.85. The Hall–Kier alpha value is -1.69. The van der Waals surface area contributed by atoms with Crippen LogP contribution in [0.15, 0.2) is 17.8 Å². The molecule has 0 aromatic carbocycles. The summed E-state index contributed by atoms with van der Waals surface area (Å²) < 4.78 is 0. The zero-order chi connectivity index (χ0) is 11.8. The molecule has 0 saturated carbocycles. The van der Waals surface area contributed by atoms with Crippen LogP contribution in [-0.2, 0) is 4.79 Å². The van der Waals surface area contributed by atoms with Gasteiger partial charge in [0.15, 0.2) is 0 Å². The summed E-state index contributed by atoms with van der Waals surface area (Å²) in [5, 5.41) is 12.1. The van der Waals surface area contributed by atoms with Crippen molar-refractivity contribution in [3.8, 4) is 0 Å². The van der Waals surface area contributed by atoms with Gasteiger partial charge in [-0.25, -0.2) is 14.8 Å². The van der Waals surface area contributed by atoms with Gasteiger partial charge in [-0.15, -0.1) is 11.3 Å². The minimum atomic E-state index is -0.774. The van der Waals surface area contributed by atoms with Crippen LogP contribution in [0, 0.1) is 0 Å². The fourth-order valence-electron chi connectivity index (χ4n) is 2.28. The Labute approximate surface area is 102 Å². The SMILES string of the molecule is O=C(O)[C@H]1CCCN1c1ncnc2sccc12. The van der Waals surface area contributed by atoms with Gasteiger partial charge in [-0.05, 0) is 24.3 Å². The van der Waals surface area contributed by atoms with Crippen LogP contribution in [0.2, 0.25) is 0 Å². The van der Waals surface area contributed by atoms with E-state index in [-0.39, 0.29) is 0 Å². The molecule has 2 aromatic heterocycles. The van der Waals surface area contributed by atoms with Crippen molar-refractivity contribution in [3.05, 3.63) is 17.8 Å². The molecule has 1 atom stereocenters. The van der Waals surface area contributed by atoms with Gasteiger partial charge < -0.3 is 10.0 Å². The van der Waals surface area contributed by atoms with Gasteiger partial charge >= 0.3 is 5.97 Å². The molecule has 1 aliphatic heterocycles. The molecular formula is C11H11N3O2S. The fourth-order valence-corrected chi connectivity index (χ4v) is 3.01. The second-order valence-electron chi connectivity index (χ2n) is 4.03. The zero-order valence-electron chi connectivity index (χ0n) is 9.04. The van der Waals surface area contributed by atoms with Gasteiger partial charge in [-0.3, -0.25) is 0 Å². The van der Waals surface area contributed by atoms with Crippen LogP contribution < -0.4 is 4.90 Å². The number of hydrogen-bond donors (Lipinski definition) is 1. The lowest BCUT2D eigenvalue weighted by Crippen LogP contribution is -2.36. The molecule has 6 heteroatoms. The lowest BCUT2D eigenvalue weighted by atomic mass is 10.2. The Bertz CT molecular complexity index is 569. The predicted octanol–water partition coefficient (Wildman–Crippen LogP) is 1.74. The Morgan fingerprint density at radius 3 is 3.24 bits per heavy atom. The Balaban J connectivity index is 2.08. The van der Waals surface area contributed by atoms with Crippen molar-refractivity contribution in [2.75, 3.05) is 11.4 Å². The standard InChI is InChI=1S/C11H11N3O2S/c15-11(16)8-2-1-4-14(8)9-7-3-5-17-10(7)13-6-12-9/h3,5-6,8H,1-2,4H2,(H,15,16)/t8-/m1/s1. The van der Waals surface area contributed by atoms with E-state index in [4.69, 9.17) is 0 Å². The number of nitrogens with zero attached hydrogens (tertiary/aromatic N) is 3. The number of carboxylic acids is 1. The molecule has 1 aliphatic rings. The average Bonchev–Trinajstić information content (AvgIpc) is 2.97. The number of carboxylic acid groups (broad SMARTS) is 1. The third-order valence-corrected chi connectivity index (χ3v) is 3.87. The van der Waals surface area contributed by atoms with E-state index in [2.05, 4.69) is 9.97 Å². The smallest absolute Gasteiger partial charge is 0.326 e. The molecule has 1 fully saturated rings. The van der Waals surface area contributed by atoms with E-state index in [1.54, 1.807) is 11.3 Å². The fraction of sp³-hybridized carbons (Fsp3) is 0.364. The van der Waals surface area contributed by atoms with Crippen molar-refractivity contribution < 1.29 is 9.90 Å². The van der Waals surface area contributed by atoms with Crippen LogP contribution in [-0.4, -0.2) is 33.6 Å². The summed E-state index contributed by atoms with van der Waals surface area (Å²) in [5.41, 5.74) is 0. The Morgan fingerprint density at radius 2 is 2.41 bits per heavy atom. The van der Waals surface area contributed by atoms with Gasteiger partial charge in [-0.2, -0.15) is 0 Å². The number of thiophene rings is 1. The second-order valence-corrected chi connectivity index (χ2v) is 4.92. The summed E-state index contributed by atoms with van der Waals surface area (Å²) in [6, 6.07) is 1.50. The maximum absolute atomic E-state index is 11.2. The molecule has 0 bridgehead atoms. The summed E-state index contributed by atoms with van der Waals surface area (Å²) in [7, 11) is 0. The van der Waals surface area contributed by atoms with Crippen molar-refractivity contribution in [1.29, 1.82) is 0 Å². The number of anilines is 1. The maximum Gasteiger partial charge on any atom is 0.326 e. The third-order valence-electron chi connectivity index (χ3n) is 3.05. The molecule has 17 heavy (non-hydrogen) atoms. The molecule has 3 heterocycles. The van der Waals surface area contributed by atoms with E-state index >= 15 is 0 Å². The molecule has 3 rings (SSSR count). The van der Waals surface area contributed by atoms with Crippen molar-refractivity contribution in [3.63, 3.8) is 0 Å². The number of rotatable bonds is 2. The van der Waals surface area contributed by atoms with E-state index in [0.717, 1.165) is 29.0 Å². The van der Waals surface area contributed by atoms with Gasteiger partial charge in [-0.1, -0.05) is 0 Å². The highest BCUT2D eigenvalue weighted by molar-refractivity contribution is 7.16. The minimum Gasteiger partial charge on any atom is -0.480 e. The minimum absolute atomic E-state index is 0.451. The molecule has 0 unspecified atom stereocenters. The quantitative estimate of drug-likeness (QED) is 0.878. The van der Waals surface area contributed by atoms with Crippen LogP contribution in [0.25, 0.3) is 10.2 Å². The second kappa shape index (κ2) is 3.96. The first kappa shape index (κ1) is 10.5. The van der Waals surface area contributed by atoms with E-state index in [1.165, 1.54) is 6.33 Å². The largest absolute Gasteiger partial charge is 0.480 e. The van der Waals surface area contributed by atoms with Crippen LogP contribution in [0.4, 0.5) is 5.82 Å². The molecule has 88 valence electrons. The number of fused-ring (bicyclic) bond motifs is 1. The highest BCUT2D eigenvalue weighted by atomic mass is 32.1. The highest BCUT2D eigenvalue weighted by Gasteiger charge is 2.32. The van der Waals surface area contributed by atoms with Gasteiger partial charge in [0.1, 0.15) is 23.0 Å². The average molecular weight is 249 g/mol. The van der Waals surface area contributed by atoms with Crippen LogP contribution in [0.1, 0.15) is 12.8 Å². The van der Waals surface area contributed by atoms with Gasteiger partial charge in [0.05, 0.1) is 5.39 Å². The van der Waals surface area contributed by atoms with E-state index in [0.29, 0.717) is 6.42 Å².